The summed E-state index contributed by atoms with van der Waals surface area (Å²) in [5, 5.41) is 4.87. The molecule has 0 amide bonds. The Balaban J connectivity index is 1.79. The van der Waals surface area contributed by atoms with Gasteiger partial charge in [0.2, 0.25) is 5.28 Å². The van der Waals surface area contributed by atoms with E-state index in [1.54, 1.807) is 11.3 Å². The van der Waals surface area contributed by atoms with Crippen molar-refractivity contribution in [2.75, 3.05) is 11.9 Å². The molecule has 3 rings (SSSR count). The summed E-state index contributed by atoms with van der Waals surface area (Å²) < 4.78 is 5.58. The average Bonchev–Trinajstić information content (AvgIpc) is 2.79. The van der Waals surface area contributed by atoms with Gasteiger partial charge in [0.1, 0.15) is 10.6 Å². The molecule has 0 radical (unpaired) electrons. The maximum atomic E-state index is 6.02. The second-order valence-electron chi connectivity index (χ2n) is 5.02. The number of hydrogen-bond acceptors (Lipinski definition) is 5. The summed E-state index contributed by atoms with van der Waals surface area (Å²) in [6, 6.07) is 2.59. The van der Waals surface area contributed by atoms with E-state index in [2.05, 4.69) is 28.3 Å². The number of aryl methyl sites for hydroxylation is 1. The maximum Gasteiger partial charge on any atom is 0.225 e. The third kappa shape index (κ3) is 2.75. The highest BCUT2D eigenvalue weighted by Crippen LogP contribution is 2.33. The normalized spacial score (nSPS) is 21.9. The molecule has 0 atom stereocenters. The minimum atomic E-state index is 0.310. The molecule has 1 saturated carbocycles. The van der Waals surface area contributed by atoms with Gasteiger partial charge in [-0.05, 0) is 43.9 Å². The van der Waals surface area contributed by atoms with Gasteiger partial charge in [0.25, 0.3) is 0 Å². The van der Waals surface area contributed by atoms with Gasteiger partial charge in [0.15, 0.2) is 0 Å². The van der Waals surface area contributed by atoms with Crippen molar-refractivity contribution in [3.8, 4) is 0 Å². The van der Waals surface area contributed by atoms with Crippen molar-refractivity contribution >= 4 is 39.0 Å². The number of aromatic nitrogens is 2. The second-order valence-corrected chi connectivity index (χ2v) is 6.47. The predicted octanol–water partition coefficient (Wildman–Crippen LogP) is 3.89. The molecular formula is C14H18ClN3OS. The number of nitrogens with zero attached hydrogens (tertiary/aromatic N) is 2. The van der Waals surface area contributed by atoms with E-state index < -0.39 is 0 Å². The van der Waals surface area contributed by atoms with Crippen LogP contribution in [0, 0.1) is 0 Å². The Morgan fingerprint density at radius 1 is 1.40 bits per heavy atom. The van der Waals surface area contributed by atoms with Gasteiger partial charge in [0, 0.05) is 17.5 Å². The summed E-state index contributed by atoms with van der Waals surface area (Å²) in [7, 11) is 0. The standard InChI is InChI=1S/C14H18ClN3OS/c1-3-10-7-11-12(17-14(15)18-13(11)20-10)16-8-5-9(6-8)19-4-2/h7-9H,3-6H2,1-2H3,(H,16,17,18). The van der Waals surface area contributed by atoms with Gasteiger partial charge < -0.3 is 10.1 Å². The van der Waals surface area contributed by atoms with E-state index in [1.165, 1.54) is 4.88 Å². The fraction of sp³-hybridized carbons (Fsp3) is 0.571. The molecule has 4 nitrogen and oxygen atoms in total. The Morgan fingerprint density at radius 3 is 2.90 bits per heavy atom. The molecular weight excluding hydrogens is 294 g/mol. The molecule has 20 heavy (non-hydrogen) atoms. The van der Waals surface area contributed by atoms with Crippen molar-refractivity contribution in [1.82, 2.24) is 9.97 Å². The molecule has 0 unspecified atom stereocenters. The number of anilines is 1. The van der Waals surface area contributed by atoms with Crippen molar-refractivity contribution in [2.45, 2.75) is 45.3 Å². The summed E-state index contributed by atoms with van der Waals surface area (Å²) in [5.74, 6) is 0.857. The van der Waals surface area contributed by atoms with Crippen LogP contribution in [0.2, 0.25) is 5.28 Å². The van der Waals surface area contributed by atoms with Gasteiger partial charge in [-0.2, -0.15) is 0 Å². The van der Waals surface area contributed by atoms with Crippen LogP contribution in [0.25, 0.3) is 10.2 Å². The monoisotopic (exact) mass is 311 g/mol. The Labute approximate surface area is 127 Å². The van der Waals surface area contributed by atoms with Crippen molar-refractivity contribution in [3.63, 3.8) is 0 Å². The van der Waals surface area contributed by atoms with E-state index in [-0.39, 0.29) is 0 Å². The largest absolute Gasteiger partial charge is 0.378 e. The first kappa shape index (κ1) is 14.0. The van der Waals surface area contributed by atoms with Gasteiger partial charge in [-0.15, -0.1) is 11.3 Å². The van der Waals surface area contributed by atoms with Crippen LogP contribution in [0.5, 0.6) is 0 Å². The molecule has 0 aliphatic heterocycles. The Kier molecular flexibility index (Phi) is 4.10. The first-order valence-corrected chi connectivity index (χ1v) is 8.23. The molecule has 0 saturated heterocycles. The van der Waals surface area contributed by atoms with Gasteiger partial charge in [-0.25, -0.2) is 9.97 Å². The van der Waals surface area contributed by atoms with Crippen LogP contribution in [-0.2, 0) is 11.2 Å². The molecule has 1 fully saturated rings. The first-order chi connectivity index (χ1) is 9.69. The number of nitrogens with one attached hydrogen (secondary N) is 1. The van der Waals surface area contributed by atoms with E-state index in [0.717, 1.165) is 41.9 Å². The van der Waals surface area contributed by atoms with Gasteiger partial charge in [-0.1, -0.05) is 6.92 Å². The van der Waals surface area contributed by atoms with Crippen molar-refractivity contribution in [1.29, 1.82) is 0 Å². The lowest BCUT2D eigenvalue weighted by Gasteiger charge is -2.35. The molecule has 0 aromatic carbocycles. The Hall–Kier alpha value is -0.910. The molecule has 1 aliphatic carbocycles. The fourth-order valence-electron chi connectivity index (χ4n) is 2.48. The highest BCUT2D eigenvalue weighted by Gasteiger charge is 2.30. The lowest BCUT2D eigenvalue weighted by atomic mass is 9.89. The van der Waals surface area contributed by atoms with Crippen LogP contribution in [0.15, 0.2) is 6.07 Å². The zero-order valence-corrected chi connectivity index (χ0v) is 13.2. The predicted molar refractivity (Wildman–Crippen MR) is 83.9 cm³/mol. The van der Waals surface area contributed by atoms with E-state index in [4.69, 9.17) is 16.3 Å². The van der Waals surface area contributed by atoms with Crippen LogP contribution in [0.1, 0.15) is 31.6 Å². The highest BCUT2D eigenvalue weighted by molar-refractivity contribution is 7.18. The zero-order valence-electron chi connectivity index (χ0n) is 11.6. The third-order valence-corrected chi connectivity index (χ3v) is 4.95. The van der Waals surface area contributed by atoms with Crippen LogP contribution < -0.4 is 5.32 Å². The molecule has 2 aromatic rings. The summed E-state index contributed by atoms with van der Waals surface area (Å²) in [5.41, 5.74) is 0. The number of halogens is 1. The van der Waals surface area contributed by atoms with E-state index in [9.17, 15) is 0 Å². The van der Waals surface area contributed by atoms with E-state index in [1.807, 2.05) is 6.92 Å². The summed E-state index contributed by atoms with van der Waals surface area (Å²) >= 11 is 7.71. The molecule has 2 heterocycles. The minimum Gasteiger partial charge on any atom is -0.378 e. The average molecular weight is 312 g/mol. The molecule has 0 spiro atoms. The van der Waals surface area contributed by atoms with Gasteiger partial charge in [-0.3, -0.25) is 0 Å². The van der Waals surface area contributed by atoms with Crippen molar-refractivity contribution in [2.24, 2.45) is 0 Å². The quantitative estimate of drug-likeness (QED) is 0.851. The molecule has 1 aliphatic rings. The Bertz CT molecular complexity index is 610. The van der Waals surface area contributed by atoms with Crippen LogP contribution >= 0.6 is 22.9 Å². The highest BCUT2D eigenvalue weighted by atomic mass is 35.5. The fourth-order valence-corrected chi connectivity index (χ4v) is 3.66. The SMILES string of the molecule is CCOC1CC(Nc2nc(Cl)nc3sc(CC)cc23)C1. The Morgan fingerprint density at radius 2 is 2.20 bits per heavy atom. The number of fused-ring (bicyclic) bond motifs is 1. The van der Waals surface area contributed by atoms with Crippen LogP contribution in [-0.4, -0.2) is 28.7 Å². The molecule has 2 aromatic heterocycles. The zero-order chi connectivity index (χ0) is 14.1. The van der Waals surface area contributed by atoms with Crippen LogP contribution in [0.3, 0.4) is 0 Å². The number of hydrogen-bond donors (Lipinski definition) is 1. The van der Waals surface area contributed by atoms with Gasteiger partial charge in [0.05, 0.1) is 11.5 Å². The molecule has 108 valence electrons. The summed E-state index contributed by atoms with van der Waals surface area (Å²) in [6.07, 6.45) is 3.45. The van der Waals surface area contributed by atoms with Crippen LogP contribution in [0.4, 0.5) is 5.82 Å². The molecule has 1 N–H and O–H groups in total. The molecule has 6 heteroatoms. The maximum absolute atomic E-state index is 6.02. The number of ether oxygens (including phenoxy) is 1. The third-order valence-electron chi connectivity index (χ3n) is 3.60. The topological polar surface area (TPSA) is 47.0 Å². The van der Waals surface area contributed by atoms with Gasteiger partial charge >= 0.3 is 0 Å². The first-order valence-electron chi connectivity index (χ1n) is 7.03. The number of rotatable bonds is 5. The second kappa shape index (κ2) is 5.84. The number of thiophene rings is 1. The minimum absolute atomic E-state index is 0.310. The summed E-state index contributed by atoms with van der Waals surface area (Å²) in [6.45, 7) is 4.96. The smallest absolute Gasteiger partial charge is 0.225 e. The lowest BCUT2D eigenvalue weighted by Crippen LogP contribution is -2.41. The summed E-state index contributed by atoms with van der Waals surface area (Å²) in [4.78, 5) is 10.9. The molecule has 0 bridgehead atoms. The van der Waals surface area contributed by atoms with E-state index >= 15 is 0 Å². The lowest BCUT2D eigenvalue weighted by molar-refractivity contribution is 0.00295. The van der Waals surface area contributed by atoms with Crippen molar-refractivity contribution < 1.29 is 4.74 Å². The van der Waals surface area contributed by atoms with Crippen molar-refractivity contribution in [3.05, 3.63) is 16.2 Å². The van der Waals surface area contributed by atoms with E-state index in [0.29, 0.717) is 17.4 Å².